The van der Waals surface area contributed by atoms with Gasteiger partial charge in [-0.15, -0.1) is 0 Å². The first-order chi connectivity index (χ1) is 22.4. The second-order valence-electron chi connectivity index (χ2n) is 11.1. The lowest BCUT2D eigenvalue weighted by atomic mass is 9.75. The van der Waals surface area contributed by atoms with E-state index < -0.39 is 17.6 Å². The molecule has 0 aromatic heterocycles. The monoisotopic (exact) mass is 613 g/mol. The summed E-state index contributed by atoms with van der Waals surface area (Å²) >= 11 is 0. The Hall–Kier alpha value is -5.40. The maximum absolute atomic E-state index is 13.0. The van der Waals surface area contributed by atoms with E-state index in [1.54, 1.807) is 0 Å². The zero-order chi connectivity index (χ0) is 32.4. The van der Waals surface area contributed by atoms with Gasteiger partial charge >= 0.3 is 12.0 Å². The van der Waals surface area contributed by atoms with Crippen LogP contribution in [0.2, 0.25) is 0 Å². The lowest BCUT2D eigenvalue weighted by Gasteiger charge is -2.46. The molecule has 0 fully saturated rings. The van der Waals surface area contributed by atoms with Crippen molar-refractivity contribution >= 4 is 17.7 Å². The number of likely N-dealkylation sites (N-methyl/N-ethyl adjacent to an activating group) is 1. The van der Waals surface area contributed by atoms with Crippen LogP contribution in [-0.4, -0.2) is 48.2 Å². The second-order valence-corrected chi connectivity index (χ2v) is 11.1. The van der Waals surface area contributed by atoms with Crippen LogP contribution in [0.5, 0.6) is 5.75 Å². The largest absolute Gasteiger partial charge is 0.491 e. The van der Waals surface area contributed by atoms with Crippen molar-refractivity contribution in [1.29, 1.82) is 0 Å². The summed E-state index contributed by atoms with van der Waals surface area (Å²) in [7, 11) is 1.85. The lowest BCUT2D eigenvalue weighted by molar-refractivity contribution is -0.145. The third-order valence-electron chi connectivity index (χ3n) is 8.09. The first-order valence-corrected chi connectivity index (χ1v) is 15.4. The molecule has 0 spiro atoms. The zero-order valence-corrected chi connectivity index (χ0v) is 26.1. The number of carbonyl (C=O) groups excluding carboxylic acids is 1. The van der Waals surface area contributed by atoms with Crippen LogP contribution in [0.4, 0.5) is 10.5 Å². The summed E-state index contributed by atoms with van der Waals surface area (Å²) < 4.78 is 6.25. The summed E-state index contributed by atoms with van der Waals surface area (Å²) in [5.41, 5.74) is 4.35. The Labute approximate surface area is 270 Å². The normalized spacial score (nSPS) is 11.9. The van der Waals surface area contributed by atoms with Crippen molar-refractivity contribution in [1.82, 2.24) is 10.2 Å². The number of hydrogen-bond acceptors (Lipinski definition) is 4. The predicted molar refractivity (Wildman–Crippen MR) is 183 cm³/mol. The minimum atomic E-state index is -1.02. The SMILES string of the molecule is CCCNC(=O)Nc1cccc(-c2cccc(OCC(C(=O)O)N(C)C(c3ccccc3)(c3ccccc3)c3ccccc3)c2)c1. The fraction of sp³-hybridized carbons (Fsp3) is 0.179. The molecule has 5 aromatic rings. The second kappa shape index (κ2) is 15.1. The smallest absolute Gasteiger partial charge is 0.324 e. The number of urea groups is 1. The van der Waals surface area contributed by atoms with Gasteiger partial charge in [0.25, 0.3) is 0 Å². The molecule has 3 N–H and O–H groups in total. The molecule has 1 atom stereocenters. The molecule has 0 heterocycles. The first kappa shape index (κ1) is 32.0. The first-order valence-electron chi connectivity index (χ1n) is 15.4. The van der Waals surface area contributed by atoms with E-state index in [0.717, 1.165) is 34.2 Å². The summed E-state index contributed by atoms with van der Waals surface area (Å²) in [5.74, 6) is -0.452. The van der Waals surface area contributed by atoms with Gasteiger partial charge in [0.1, 0.15) is 18.4 Å². The van der Waals surface area contributed by atoms with Crippen molar-refractivity contribution in [2.75, 3.05) is 25.5 Å². The van der Waals surface area contributed by atoms with Crippen LogP contribution in [0.25, 0.3) is 11.1 Å². The van der Waals surface area contributed by atoms with Gasteiger partial charge in [-0.2, -0.15) is 0 Å². The number of carbonyl (C=O) groups is 2. The summed E-state index contributed by atoms with van der Waals surface area (Å²) in [6, 6.07) is 43.8. The molecule has 0 aliphatic carbocycles. The van der Waals surface area contributed by atoms with E-state index in [0.29, 0.717) is 18.0 Å². The maximum atomic E-state index is 13.0. The molecule has 0 aliphatic heterocycles. The summed E-state index contributed by atoms with van der Waals surface area (Å²) in [5, 5.41) is 16.3. The number of nitrogens with zero attached hydrogens (tertiary/aromatic N) is 1. The molecule has 0 radical (unpaired) electrons. The van der Waals surface area contributed by atoms with Gasteiger partial charge < -0.3 is 20.5 Å². The highest BCUT2D eigenvalue weighted by molar-refractivity contribution is 5.90. The van der Waals surface area contributed by atoms with Gasteiger partial charge in [-0.05, 0) is 65.6 Å². The molecule has 0 bridgehead atoms. The van der Waals surface area contributed by atoms with Crippen LogP contribution >= 0.6 is 0 Å². The molecule has 0 aliphatic rings. The van der Waals surface area contributed by atoms with E-state index in [4.69, 9.17) is 4.74 Å². The highest BCUT2D eigenvalue weighted by atomic mass is 16.5. The van der Waals surface area contributed by atoms with Gasteiger partial charge in [-0.1, -0.05) is 122 Å². The Morgan fingerprint density at radius 2 is 1.26 bits per heavy atom. The van der Waals surface area contributed by atoms with Gasteiger partial charge in [-0.25, -0.2) is 4.79 Å². The zero-order valence-electron chi connectivity index (χ0n) is 26.1. The third kappa shape index (κ3) is 7.11. The van der Waals surface area contributed by atoms with Gasteiger partial charge in [-0.3, -0.25) is 9.69 Å². The van der Waals surface area contributed by atoms with Crippen LogP contribution in [0.15, 0.2) is 140 Å². The Bertz CT molecular complexity index is 1630. The number of amides is 2. The van der Waals surface area contributed by atoms with Crippen molar-refractivity contribution < 1.29 is 19.4 Å². The van der Waals surface area contributed by atoms with Gasteiger partial charge in [0.15, 0.2) is 0 Å². The Morgan fingerprint density at radius 1 is 0.739 bits per heavy atom. The van der Waals surface area contributed by atoms with Crippen LogP contribution in [0, 0.1) is 0 Å². The maximum Gasteiger partial charge on any atom is 0.324 e. The minimum absolute atomic E-state index is 0.0945. The average Bonchev–Trinajstić information content (AvgIpc) is 3.09. The van der Waals surface area contributed by atoms with Crippen LogP contribution < -0.4 is 15.4 Å². The number of carboxylic acid groups (broad SMARTS) is 1. The number of hydrogen-bond donors (Lipinski definition) is 3. The summed E-state index contributed by atoms with van der Waals surface area (Å²) in [6.45, 7) is 2.50. The van der Waals surface area contributed by atoms with Crippen molar-refractivity contribution in [3.05, 3.63) is 156 Å². The molecule has 7 heteroatoms. The van der Waals surface area contributed by atoms with E-state index in [9.17, 15) is 14.7 Å². The Morgan fingerprint density at radius 3 is 1.78 bits per heavy atom. The summed E-state index contributed by atoms with van der Waals surface area (Å²) in [6.07, 6.45) is 0.852. The van der Waals surface area contributed by atoms with E-state index in [1.165, 1.54) is 0 Å². The number of benzene rings is 5. The Balaban J connectivity index is 1.46. The quantitative estimate of drug-likeness (QED) is 0.119. The molecule has 234 valence electrons. The van der Waals surface area contributed by atoms with Gasteiger partial charge in [0, 0.05) is 12.2 Å². The van der Waals surface area contributed by atoms with Crippen molar-refractivity contribution in [3.8, 4) is 16.9 Å². The highest BCUT2D eigenvalue weighted by Crippen LogP contribution is 2.42. The third-order valence-corrected chi connectivity index (χ3v) is 8.09. The minimum Gasteiger partial charge on any atom is -0.491 e. The van der Waals surface area contributed by atoms with Crippen LogP contribution in [0.3, 0.4) is 0 Å². The number of rotatable bonds is 13. The van der Waals surface area contributed by atoms with Crippen molar-refractivity contribution in [2.24, 2.45) is 0 Å². The number of aliphatic carboxylic acids is 1. The van der Waals surface area contributed by atoms with E-state index in [1.807, 2.05) is 158 Å². The molecule has 0 saturated heterocycles. The van der Waals surface area contributed by atoms with E-state index in [-0.39, 0.29) is 12.6 Å². The molecule has 5 rings (SSSR count). The Kier molecular flexibility index (Phi) is 10.5. The van der Waals surface area contributed by atoms with Crippen LogP contribution in [-0.2, 0) is 10.3 Å². The average molecular weight is 614 g/mol. The molecule has 0 saturated carbocycles. The molecule has 46 heavy (non-hydrogen) atoms. The topological polar surface area (TPSA) is 90.9 Å². The van der Waals surface area contributed by atoms with Gasteiger partial charge in [0.2, 0.25) is 0 Å². The number of ether oxygens (including phenoxy) is 1. The van der Waals surface area contributed by atoms with Crippen molar-refractivity contribution in [3.63, 3.8) is 0 Å². The molecule has 2 amide bonds. The van der Waals surface area contributed by atoms with Crippen LogP contribution in [0.1, 0.15) is 30.0 Å². The highest BCUT2D eigenvalue weighted by Gasteiger charge is 2.45. The molecular weight excluding hydrogens is 574 g/mol. The van der Waals surface area contributed by atoms with E-state index >= 15 is 0 Å². The number of carboxylic acids is 1. The predicted octanol–water partition coefficient (Wildman–Crippen LogP) is 7.64. The fourth-order valence-corrected chi connectivity index (χ4v) is 5.86. The van der Waals surface area contributed by atoms with Gasteiger partial charge in [0.05, 0.1) is 5.54 Å². The lowest BCUT2D eigenvalue weighted by Crippen LogP contribution is -2.55. The molecule has 7 nitrogen and oxygen atoms in total. The van der Waals surface area contributed by atoms with E-state index in [2.05, 4.69) is 10.6 Å². The molecule has 5 aromatic carbocycles. The molecular formula is C39H39N3O4. The fourth-order valence-electron chi connectivity index (χ4n) is 5.86. The summed E-state index contributed by atoms with van der Waals surface area (Å²) in [4.78, 5) is 27.1. The number of anilines is 1. The van der Waals surface area contributed by atoms with Crippen molar-refractivity contribution in [2.45, 2.75) is 24.9 Å². The number of nitrogens with one attached hydrogen (secondary N) is 2. The molecule has 1 unspecified atom stereocenters. The standard InChI is InChI=1S/C39H39N3O4/c1-3-25-40-38(45)41-34-23-13-15-29(26-34)30-16-14-24-35(27-30)46-28-36(37(43)44)42(2)39(31-17-7-4-8-18-31,32-19-9-5-10-20-32)33-21-11-6-12-22-33/h4-24,26-27,36H,3,25,28H2,1-2H3,(H,43,44)(H2,40,41,45).